The SMILES string of the molecule is O=C(NCC1=COC(Cc2ccccc2)O1)c1cc(-c2ccnn2-c2cc(F)ccc2Cl)c(O)cc1O. The number of nitrogens with zero attached hydrogens (tertiary/aromatic N) is 2. The molecule has 1 atom stereocenters. The van der Waals surface area contributed by atoms with Crippen molar-refractivity contribution in [3.05, 3.63) is 107 Å². The Balaban J connectivity index is 1.31. The van der Waals surface area contributed by atoms with Crippen LogP contribution in [0.2, 0.25) is 5.02 Å². The first-order valence-electron chi connectivity index (χ1n) is 11.3. The van der Waals surface area contributed by atoms with E-state index in [1.807, 2.05) is 30.3 Å². The van der Waals surface area contributed by atoms with Gasteiger partial charge in [-0.15, -0.1) is 0 Å². The lowest BCUT2D eigenvalue weighted by atomic mass is 10.0. The standard InChI is InChI=1S/C27H21ClFN3O5/c28-21-7-6-17(29)11-23(21)32-22(8-9-31-32)19-12-20(25(34)13-24(19)33)27(35)30-14-18-15-36-26(37-18)10-16-4-2-1-3-5-16/h1-9,11-13,15,26,33-34H,10,14H2,(H,30,35). The minimum absolute atomic E-state index is 0.0244. The third kappa shape index (κ3) is 5.22. The van der Waals surface area contributed by atoms with Crippen LogP contribution in [0.15, 0.2) is 84.9 Å². The van der Waals surface area contributed by atoms with Crippen LogP contribution in [-0.4, -0.2) is 38.7 Å². The summed E-state index contributed by atoms with van der Waals surface area (Å²) in [6.07, 6.45) is 2.92. The predicted octanol–water partition coefficient (Wildman–Crippen LogP) is 4.93. The molecule has 8 nitrogen and oxygen atoms in total. The van der Waals surface area contributed by atoms with Crippen LogP contribution in [0.25, 0.3) is 16.9 Å². The monoisotopic (exact) mass is 521 g/mol. The topological polar surface area (TPSA) is 106 Å². The van der Waals surface area contributed by atoms with E-state index in [1.165, 1.54) is 41.4 Å². The third-order valence-corrected chi connectivity index (χ3v) is 6.04. The van der Waals surface area contributed by atoms with Gasteiger partial charge in [-0.05, 0) is 29.8 Å². The van der Waals surface area contributed by atoms with E-state index in [1.54, 1.807) is 6.07 Å². The molecule has 1 aliphatic rings. The minimum Gasteiger partial charge on any atom is -0.507 e. The van der Waals surface area contributed by atoms with Crippen molar-refractivity contribution >= 4 is 17.5 Å². The molecule has 10 heteroatoms. The van der Waals surface area contributed by atoms with Crippen LogP contribution in [0.4, 0.5) is 4.39 Å². The molecule has 0 bridgehead atoms. The quantitative estimate of drug-likeness (QED) is 0.318. The minimum atomic E-state index is -0.607. The van der Waals surface area contributed by atoms with E-state index in [2.05, 4.69) is 10.4 Å². The zero-order valence-corrected chi connectivity index (χ0v) is 20.0. The van der Waals surface area contributed by atoms with Gasteiger partial charge >= 0.3 is 0 Å². The number of carbonyl (C=O) groups is 1. The highest BCUT2D eigenvalue weighted by molar-refractivity contribution is 6.32. The molecule has 3 N–H and O–H groups in total. The molecule has 0 aliphatic carbocycles. The number of rotatable bonds is 7. The number of phenols is 2. The maximum absolute atomic E-state index is 13.9. The number of benzene rings is 3. The van der Waals surface area contributed by atoms with Gasteiger partial charge in [-0.2, -0.15) is 5.10 Å². The lowest BCUT2D eigenvalue weighted by Crippen LogP contribution is -2.26. The molecule has 0 saturated heterocycles. The summed E-state index contributed by atoms with van der Waals surface area (Å²) < 4.78 is 26.5. The van der Waals surface area contributed by atoms with Crippen molar-refractivity contribution in [2.24, 2.45) is 0 Å². The van der Waals surface area contributed by atoms with Crippen molar-refractivity contribution < 1.29 is 28.9 Å². The maximum Gasteiger partial charge on any atom is 0.255 e. The van der Waals surface area contributed by atoms with Crippen molar-refractivity contribution in [1.82, 2.24) is 15.1 Å². The van der Waals surface area contributed by atoms with Gasteiger partial charge in [-0.1, -0.05) is 41.9 Å². The number of ether oxygens (including phenoxy) is 2. The van der Waals surface area contributed by atoms with Crippen molar-refractivity contribution in [1.29, 1.82) is 0 Å². The molecular formula is C27H21ClFN3O5. The Kier molecular flexibility index (Phi) is 6.70. The molecule has 5 rings (SSSR count). The number of hydrogen-bond acceptors (Lipinski definition) is 6. The van der Waals surface area contributed by atoms with E-state index in [-0.39, 0.29) is 34.1 Å². The number of aromatic hydroxyl groups is 2. The fourth-order valence-corrected chi connectivity index (χ4v) is 4.13. The summed E-state index contributed by atoms with van der Waals surface area (Å²) in [6.45, 7) is 0.0244. The van der Waals surface area contributed by atoms with E-state index in [9.17, 15) is 19.4 Å². The number of hydrogen-bond donors (Lipinski definition) is 3. The average molecular weight is 522 g/mol. The highest BCUT2D eigenvalue weighted by Crippen LogP contribution is 2.36. The molecule has 0 radical (unpaired) electrons. The largest absolute Gasteiger partial charge is 0.507 e. The molecule has 1 unspecified atom stereocenters. The molecule has 1 aromatic heterocycles. The Labute approximate surface area is 216 Å². The molecular weight excluding hydrogens is 501 g/mol. The highest BCUT2D eigenvalue weighted by atomic mass is 35.5. The van der Waals surface area contributed by atoms with Gasteiger partial charge < -0.3 is 25.0 Å². The second-order valence-corrected chi connectivity index (χ2v) is 8.66. The number of amides is 1. The van der Waals surface area contributed by atoms with E-state index in [0.717, 1.165) is 11.6 Å². The smallest absolute Gasteiger partial charge is 0.255 e. The van der Waals surface area contributed by atoms with Crippen LogP contribution in [0, 0.1) is 5.82 Å². The van der Waals surface area contributed by atoms with Crippen LogP contribution in [-0.2, 0) is 15.9 Å². The summed E-state index contributed by atoms with van der Waals surface area (Å²) in [4.78, 5) is 12.9. The summed E-state index contributed by atoms with van der Waals surface area (Å²) in [5, 5.41) is 28.0. The Morgan fingerprint density at radius 2 is 1.89 bits per heavy atom. The first kappa shape index (κ1) is 24.2. The average Bonchev–Trinajstić information content (AvgIpc) is 3.54. The Bertz CT molecular complexity index is 1490. The lowest BCUT2D eigenvalue weighted by molar-refractivity contribution is -0.0306. The molecule has 188 valence electrons. The van der Waals surface area contributed by atoms with Crippen molar-refractivity contribution in [3.8, 4) is 28.4 Å². The van der Waals surface area contributed by atoms with Gasteiger partial charge in [0.2, 0.25) is 6.29 Å². The molecule has 3 aromatic carbocycles. The summed E-state index contributed by atoms with van der Waals surface area (Å²) in [7, 11) is 0. The van der Waals surface area contributed by atoms with Crippen LogP contribution in [0.3, 0.4) is 0 Å². The summed E-state index contributed by atoms with van der Waals surface area (Å²) >= 11 is 6.23. The second-order valence-electron chi connectivity index (χ2n) is 8.25. The first-order valence-corrected chi connectivity index (χ1v) is 11.7. The Morgan fingerprint density at radius 1 is 1.08 bits per heavy atom. The first-order chi connectivity index (χ1) is 17.9. The van der Waals surface area contributed by atoms with Gasteiger partial charge in [0, 0.05) is 24.1 Å². The molecule has 0 saturated carbocycles. The van der Waals surface area contributed by atoms with E-state index >= 15 is 0 Å². The Hall–Kier alpha value is -4.50. The molecule has 37 heavy (non-hydrogen) atoms. The Morgan fingerprint density at radius 3 is 2.70 bits per heavy atom. The molecule has 1 aliphatic heterocycles. The van der Waals surface area contributed by atoms with Crippen molar-refractivity contribution in [2.75, 3.05) is 6.54 Å². The van der Waals surface area contributed by atoms with E-state index in [4.69, 9.17) is 21.1 Å². The molecule has 1 amide bonds. The van der Waals surface area contributed by atoms with E-state index in [0.29, 0.717) is 17.9 Å². The number of halogens is 2. The summed E-state index contributed by atoms with van der Waals surface area (Å²) in [6, 6.07) is 17.5. The van der Waals surface area contributed by atoms with Crippen molar-refractivity contribution in [2.45, 2.75) is 12.7 Å². The molecule has 0 fully saturated rings. The van der Waals surface area contributed by atoms with Gasteiger partial charge in [-0.25, -0.2) is 9.07 Å². The van der Waals surface area contributed by atoms with Gasteiger partial charge in [0.05, 0.1) is 34.7 Å². The maximum atomic E-state index is 13.9. The van der Waals surface area contributed by atoms with Crippen LogP contribution < -0.4 is 5.32 Å². The fraction of sp³-hybridized carbons (Fsp3) is 0.111. The van der Waals surface area contributed by atoms with Gasteiger partial charge in [0.25, 0.3) is 5.91 Å². The van der Waals surface area contributed by atoms with Gasteiger partial charge in [0.15, 0.2) is 5.76 Å². The molecule has 2 heterocycles. The predicted molar refractivity (Wildman–Crippen MR) is 134 cm³/mol. The van der Waals surface area contributed by atoms with Crippen LogP contribution >= 0.6 is 11.6 Å². The third-order valence-electron chi connectivity index (χ3n) is 5.72. The fourth-order valence-electron chi connectivity index (χ4n) is 3.93. The summed E-state index contributed by atoms with van der Waals surface area (Å²) in [5.74, 6) is -1.43. The summed E-state index contributed by atoms with van der Waals surface area (Å²) in [5.41, 5.74) is 1.72. The van der Waals surface area contributed by atoms with Gasteiger partial charge in [0.1, 0.15) is 23.6 Å². The highest BCUT2D eigenvalue weighted by Gasteiger charge is 2.23. The van der Waals surface area contributed by atoms with Crippen molar-refractivity contribution in [3.63, 3.8) is 0 Å². The molecule has 4 aromatic rings. The second kappa shape index (κ2) is 10.2. The van der Waals surface area contributed by atoms with Gasteiger partial charge in [-0.3, -0.25) is 4.79 Å². The van der Waals surface area contributed by atoms with E-state index < -0.39 is 23.8 Å². The zero-order chi connectivity index (χ0) is 25.9. The number of phenolic OH excluding ortho intramolecular Hbond substituents is 2. The molecule has 0 spiro atoms. The number of carbonyl (C=O) groups excluding carboxylic acids is 1. The number of aromatic nitrogens is 2. The van der Waals surface area contributed by atoms with Crippen LogP contribution in [0.5, 0.6) is 11.5 Å². The normalized spacial score (nSPS) is 14.5. The number of nitrogens with one attached hydrogen (secondary N) is 1. The lowest BCUT2D eigenvalue weighted by Gasteiger charge is -2.14. The van der Waals surface area contributed by atoms with Crippen LogP contribution in [0.1, 0.15) is 15.9 Å². The zero-order valence-electron chi connectivity index (χ0n) is 19.3.